The van der Waals surface area contributed by atoms with Gasteiger partial charge < -0.3 is 4.57 Å². The van der Waals surface area contributed by atoms with Gasteiger partial charge in [0.25, 0.3) is 0 Å². The molecule has 1 heterocycles. The third-order valence-electron chi connectivity index (χ3n) is 2.30. The van der Waals surface area contributed by atoms with Gasteiger partial charge in [-0.15, -0.1) is 0 Å². The molecule has 0 N–H and O–H groups in total. The van der Waals surface area contributed by atoms with E-state index in [1.54, 1.807) is 12.1 Å². The summed E-state index contributed by atoms with van der Waals surface area (Å²) in [7, 11) is 1.38. The van der Waals surface area contributed by atoms with Crippen molar-refractivity contribution in [3.05, 3.63) is 35.0 Å². The lowest BCUT2D eigenvalue weighted by Gasteiger charge is -2.07. The number of halogens is 4. The van der Waals surface area contributed by atoms with Crippen molar-refractivity contribution in [2.45, 2.75) is 6.18 Å². The summed E-state index contributed by atoms with van der Waals surface area (Å²) in [6.45, 7) is 0. The molecule has 0 fully saturated rings. The molecule has 0 bridgehead atoms. The van der Waals surface area contributed by atoms with E-state index < -0.39 is 11.9 Å². The molecule has 0 unspecified atom stereocenters. The molecule has 1 aromatic heterocycles. The smallest absolute Gasteiger partial charge is 0.340 e. The molecule has 0 saturated carbocycles. The highest BCUT2D eigenvalue weighted by atomic mass is 35.5. The zero-order valence-corrected chi connectivity index (χ0v) is 8.52. The molecule has 0 aliphatic rings. The quantitative estimate of drug-likeness (QED) is 0.651. The number of hydrogen-bond acceptors (Lipinski definition) is 0. The van der Waals surface area contributed by atoms with E-state index in [1.807, 2.05) is 0 Å². The number of benzene rings is 1. The van der Waals surface area contributed by atoms with Gasteiger partial charge >= 0.3 is 6.18 Å². The summed E-state index contributed by atoms with van der Waals surface area (Å²) in [5.74, 6) is 0. The Kier molecular flexibility index (Phi) is 2.19. The molecule has 0 aliphatic heterocycles. The highest BCUT2D eigenvalue weighted by molar-refractivity contribution is 6.31. The second-order valence-electron chi connectivity index (χ2n) is 3.29. The number of alkyl halides is 3. The fraction of sp³-hybridized carbons (Fsp3) is 0.200. The van der Waals surface area contributed by atoms with Crippen LogP contribution in [0.1, 0.15) is 5.69 Å². The van der Waals surface area contributed by atoms with E-state index in [0.29, 0.717) is 15.9 Å². The van der Waals surface area contributed by atoms with Crippen molar-refractivity contribution in [3.63, 3.8) is 0 Å². The summed E-state index contributed by atoms with van der Waals surface area (Å²) in [4.78, 5) is 0. The molecule has 0 atom stereocenters. The fourth-order valence-corrected chi connectivity index (χ4v) is 1.74. The van der Waals surface area contributed by atoms with E-state index >= 15 is 0 Å². The van der Waals surface area contributed by atoms with Gasteiger partial charge in [-0.1, -0.05) is 17.7 Å². The Morgan fingerprint density at radius 2 is 1.87 bits per heavy atom. The van der Waals surface area contributed by atoms with Gasteiger partial charge in [0.15, 0.2) is 0 Å². The van der Waals surface area contributed by atoms with Crippen molar-refractivity contribution in [3.8, 4) is 0 Å². The first-order valence-corrected chi connectivity index (χ1v) is 4.59. The molecular formula is C10H7ClF3N. The van der Waals surface area contributed by atoms with Crippen molar-refractivity contribution in [2.75, 3.05) is 0 Å². The van der Waals surface area contributed by atoms with Crippen LogP contribution in [0.2, 0.25) is 5.02 Å². The zero-order valence-electron chi connectivity index (χ0n) is 7.77. The van der Waals surface area contributed by atoms with Crippen molar-refractivity contribution in [1.82, 2.24) is 4.57 Å². The molecule has 15 heavy (non-hydrogen) atoms. The first-order chi connectivity index (χ1) is 6.89. The molecule has 0 spiro atoms. The highest BCUT2D eigenvalue weighted by Gasteiger charge is 2.34. The summed E-state index contributed by atoms with van der Waals surface area (Å²) < 4.78 is 38.7. The van der Waals surface area contributed by atoms with E-state index in [0.717, 1.165) is 10.6 Å². The van der Waals surface area contributed by atoms with E-state index in [9.17, 15) is 13.2 Å². The molecule has 0 amide bonds. The zero-order chi connectivity index (χ0) is 11.2. The Bertz CT molecular complexity index is 513. The monoisotopic (exact) mass is 233 g/mol. The maximum absolute atomic E-state index is 12.5. The Morgan fingerprint density at radius 1 is 1.20 bits per heavy atom. The fourth-order valence-electron chi connectivity index (χ4n) is 1.58. The Morgan fingerprint density at radius 3 is 2.47 bits per heavy atom. The van der Waals surface area contributed by atoms with Crippen molar-refractivity contribution < 1.29 is 13.2 Å². The van der Waals surface area contributed by atoms with E-state index in [-0.39, 0.29) is 0 Å². The van der Waals surface area contributed by atoms with Crippen LogP contribution in [0.15, 0.2) is 24.3 Å². The van der Waals surface area contributed by atoms with Gasteiger partial charge in [-0.3, -0.25) is 0 Å². The minimum Gasteiger partial charge on any atom is -0.340 e. The second-order valence-corrected chi connectivity index (χ2v) is 3.73. The molecule has 5 heteroatoms. The van der Waals surface area contributed by atoms with Crippen LogP contribution in [0.25, 0.3) is 10.9 Å². The number of rotatable bonds is 0. The molecule has 2 aromatic rings. The van der Waals surface area contributed by atoms with Crippen LogP contribution < -0.4 is 0 Å². The number of nitrogens with zero attached hydrogens (tertiary/aromatic N) is 1. The van der Waals surface area contributed by atoms with Crippen molar-refractivity contribution in [2.24, 2.45) is 7.05 Å². The van der Waals surface area contributed by atoms with Gasteiger partial charge in [-0.25, -0.2) is 0 Å². The van der Waals surface area contributed by atoms with Crippen LogP contribution in [0.3, 0.4) is 0 Å². The lowest BCUT2D eigenvalue weighted by molar-refractivity contribution is -0.142. The third-order valence-corrected chi connectivity index (χ3v) is 2.53. The van der Waals surface area contributed by atoms with Crippen LogP contribution in [0.5, 0.6) is 0 Å². The summed E-state index contributed by atoms with van der Waals surface area (Å²) in [5.41, 5.74) is -0.186. The summed E-state index contributed by atoms with van der Waals surface area (Å²) >= 11 is 5.72. The summed E-state index contributed by atoms with van der Waals surface area (Å²) in [6.07, 6.45) is -4.33. The average Bonchev–Trinajstić information content (AvgIpc) is 2.43. The van der Waals surface area contributed by atoms with Crippen LogP contribution in [-0.4, -0.2) is 4.57 Å². The molecule has 2 rings (SSSR count). The van der Waals surface area contributed by atoms with Gasteiger partial charge in [-0.2, -0.15) is 13.2 Å². The van der Waals surface area contributed by atoms with Crippen molar-refractivity contribution in [1.29, 1.82) is 0 Å². The summed E-state index contributed by atoms with van der Waals surface area (Å²) in [6, 6.07) is 5.79. The van der Waals surface area contributed by atoms with Crippen LogP contribution in [0, 0.1) is 0 Å². The number of fused-ring (bicyclic) bond motifs is 1. The maximum Gasteiger partial charge on any atom is 0.431 e. The molecule has 1 nitrogen and oxygen atoms in total. The van der Waals surface area contributed by atoms with Crippen LogP contribution >= 0.6 is 11.6 Å². The lowest BCUT2D eigenvalue weighted by atomic mass is 10.2. The average molecular weight is 234 g/mol. The lowest BCUT2D eigenvalue weighted by Crippen LogP contribution is -2.10. The third kappa shape index (κ3) is 1.69. The highest BCUT2D eigenvalue weighted by Crippen LogP contribution is 2.33. The van der Waals surface area contributed by atoms with E-state index in [2.05, 4.69) is 0 Å². The van der Waals surface area contributed by atoms with Gasteiger partial charge in [-0.05, 0) is 18.2 Å². The molecular weight excluding hydrogens is 227 g/mol. The Hall–Kier alpha value is -1.16. The first-order valence-electron chi connectivity index (χ1n) is 4.22. The maximum atomic E-state index is 12.5. The van der Waals surface area contributed by atoms with Gasteiger partial charge in [0.2, 0.25) is 0 Å². The number of aromatic nitrogens is 1. The molecule has 1 aromatic carbocycles. The Balaban J connectivity index is 2.76. The van der Waals surface area contributed by atoms with E-state index in [1.165, 1.54) is 13.1 Å². The molecule has 0 radical (unpaired) electrons. The normalized spacial score (nSPS) is 12.3. The van der Waals surface area contributed by atoms with E-state index in [4.69, 9.17) is 11.6 Å². The number of hydrogen-bond donors (Lipinski definition) is 0. The minimum absolute atomic E-state index is 0.428. The number of aryl methyl sites for hydroxylation is 1. The Labute approximate surface area is 89.1 Å². The van der Waals surface area contributed by atoms with Crippen LogP contribution in [0.4, 0.5) is 13.2 Å². The SMILES string of the molecule is Cn1c(C(F)(F)F)cc2ccc(Cl)cc21. The predicted molar refractivity (Wildman–Crippen MR) is 52.9 cm³/mol. The molecule has 0 aliphatic carbocycles. The largest absolute Gasteiger partial charge is 0.431 e. The first kappa shape index (κ1) is 10.4. The standard InChI is InChI=1S/C10H7ClF3N/c1-15-8-5-7(11)3-2-6(8)4-9(15)10(12,13)14/h2-5H,1H3. The summed E-state index contributed by atoms with van der Waals surface area (Å²) in [5, 5.41) is 0.964. The molecule has 80 valence electrons. The predicted octanol–water partition coefficient (Wildman–Crippen LogP) is 3.85. The van der Waals surface area contributed by atoms with Crippen molar-refractivity contribution >= 4 is 22.5 Å². The second kappa shape index (κ2) is 3.17. The van der Waals surface area contributed by atoms with Gasteiger partial charge in [0.1, 0.15) is 5.69 Å². The molecule has 0 saturated heterocycles. The van der Waals surface area contributed by atoms with Gasteiger partial charge in [0.05, 0.1) is 0 Å². The topological polar surface area (TPSA) is 4.93 Å². The van der Waals surface area contributed by atoms with Crippen LogP contribution in [-0.2, 0) is 13.2 Å². The van der Waals surface area contributed by atoms with Gasteiger partial charge in [0, 0.05) is 23.0 Å². The minimum atomic E-state index is -4.33.